The minimum absolute atomic E-state index is 0.0556. The number of hydrogen-bond donors (Lipinski definition) is 2. The van der Waals surface area contributed by atoms with Crippen LogP contribution in [0.3, 0.4) is 0 Å². The van der Waals surface area contributed by atoms with Crippen LogP contribution in [-0.2, 0) is 23.1 Å². The number of hydrogen-bond acceptors (Lipinski definition) is 4. The van der Waals surface area contributed by atoms with Crippen molar-refractivity contribution in [2.24, 2.45) is 7.05 Å². The first-order chi connectivity index (χ1) is 13.1. The molecule has 6 nitrogen and oxygen atoms in total. The average Bonchev–Trinajstić information content (AvgIpc) is 3.01. The monoisotopic (exact) mass is 382 g/mol. The third-order valence-corrected chi connectivity index (χ3v) is 5.23. The zero-order valence-electron chi connectivity index (χ0n) is 15.4. The number of anilines is 1. The molecule has 2 aromatic carbocycles. The van der Waals surface area contributed by atoms with Crippen molar-refractivity contribution in [1.29, 1.82) is 0 Å². The number of carbonyl (C=O) groups is 2. The van der Waals surface area contributed by atoms with Gasteiger partial charge in [0.15, 0.2) is 5.16 Å². The summed E-state index contributed by atoms with van der Waals surface area (Å²) >= 11 is 1.35. The van der Waals surface area contributed by atoms with Crippen LogP contribution < -0.4 is 10.6 Å². The van der Waals surface area contributed by atoms with Crippen molar-refractivity contribution in [3.8, 4) is 0 Å². The van der Waals surface area contributed by atoms with Gasteiger partial charge in [0.05, 0.1) is 23.3 Å². The first-order valence-electron chi connectivity index (χ1n) is 8.77. The van der Waals surface area contributed by atoms with Crippen LogP contribution in [0.2, 0.25) is 0 Å². The van der Waals surface area contributed by atoms with E-state index in [1.165, 1.54) is 11.8 Å². The molecule has 1 heterocycles. The van der Waals surface area contributed by atoms with Crippen LogP contribution in [0.1, 0.15) is 12.5 Å². The second-order valence-corrected chi connectivity index (χ2v) is 7.01. The van der Waals surface area contributed by atoms with E-state index in [-0.39, 0.29) is 24.1 Å². The lowest BCUT2D eigenvalue weighted by atomic mass is 10.1. The highest BCUT2D eigenvalue weighted by Crippen LogP contribution is 2.22. The second-order valence-electron chi connectivity index (χ2n) is 6.07. The summed E-state index contributed by atoms with van der Waals surface area (Å²) in [6, 6.07) is 15.5. The van der Waals surface area contributed by atoms with Gasteiger partial charge in [-0.05, 0) is 30.2 Å². The van der Waals surface area contributed by atoms with Crippen LogP contribution in [0, 0.1) is 0 Å². The largest absolute Gasteiger partial charge is 0.346 e. The highest BCUT2D eigenvalue weighted by atomic mass is 32.2. The molecule has 7 heteroatoms. The standard InChI is InChI=1S/C20H22N4O2S/c1-3-14-8-4-5-9-15(14)22-18(25)12-21-19(26)13-27-20-23-16-10-6-7-11-17(16)24(20)2/h4-11H,3,12-13H2,1-2H3,(H,21,26)(H,22,25). The number of para-hydroxylation sites is 3. The molecule has 0 atom stereocenters. The van der Waals surface area contributed by atoms with Crippen LogP contribution in [0.15, 0.2) is 53.7 Å². The van der Waals surface area contributed by atoms with Gasteiger partial charge in [0.25, 0.3) is 0 Å². The molecule has 3 rings (SSSR count). The van der Waals surface area contributed by atoms with Crippen molar-refractivity contribution in [3.63, 3.8) is 0 Å². The van der Waals surface area contributed by atoms with Crippen molar-refractivity contribution < 1.29 is 9.59 Å². The van der Waals surface area contributed by atoms with Crippen LogP contribution in [0.5, 0.6) is 0 Å². The Morgan fingerprint density at radius 3 is 2.59 bits per heavy atom. The van der Waals surface area contributed by atoms with Gasteiger partial charge in [0.2, 0.25) is 11.8 Å². The number of thioether (sulfide) groups is 1. The molecule has 0 aliphatic rings. The first-order valence-corrected chi connectivity index (χ1v) is 9.75. The summed E-state index contributed by atoms with van der Waals surface area (Å²) in [6.07, 6.45) is 0.831. The molecule has 0 bridgehead atoms. The van der Waals surface area contributed by atoms with Crippen molar-refractivity contribution in [2.45, 2.75) is 18.5 Å². The first kappa shape index (κ1) is 19.0. The fourth-order valence-electron chi connectivity index (χ4n) is 2.76. The number of aromatic nitrogens is 2. The molecule has 0 unspecified atom stereocenters. The zero-order chi connectivity index (χ0) is 19.2. The molecule has 0 aliphatic heterocycles. The number of aryl methyl sites for hydroxylation is 2. The van der Waals surface area contributed by atoms with Gasteiger partial charge in [-0.2, -0.15) is 0 Å². The summed E-state index contributed by atoms with van der Waals surface area (Å²) in [4.78, 5) is 28.7. The molecule has 0 fully saturated rings. The molecule has 27 heavy (non-hydrogen) atoms. The topological polar surface area (TPSA) is 76.0 Å². The Balaban J connectivity index is 1.49. The van der Waals surface area contributed by atoms with E-state index in [0.29, 0.717) is 0 Å². The lowest BCUT2D eigenvalue weighted by Crippen LogP contribution is -2.34. The number of amides is 2. The molecule has 0 aliphatic carbocycles. The van der Waals surface area contributed by atoms with E-state index in [0.717, 1.165) is 33.9 Å². The lowest BCUT2D eigenvalue weighted by molar-refractivity contribution is -0.122. The van der Waals surface area contributed by atoms with E-state index < -0.39 is 0 Å². The zero-order valence-corrected chi connectivity index (χ0v) is 16.2. The summed E-state index contributed by atoms with van der Waals surface area (Å²) in [7, 11) is 1.92. The van der Waals surface area contributed by atoms with Gasteiger partial charge in [0, 0.05) is 12.7 Å². The molecule has 0 radical (unpaired) electrons. The van der Waals surface area contributed by atoms with Crippen molar-refractivity contribution in [1.82, 2.24) is 14.9 Å². The molecule has 2 amide bonds. The third-order valence-electron chi connectivity index (χ3n) is 4.20. The van der Waals surface area contributed by atoms with Crippen LogP contribution in [0.25, 0.3) is 11.0 Å². The van der Waals surface area contributed by atoms with Gasteiger partial charge in [-0.3, -0.25) is 9.59 Å². The smallest absolute Gasteiger partial charge is 0.243 e. The van der Waals surface area contributed by atoms with Gasteiger partial charge in [0.1, 0.15) is 0 Å². The Morgan fingerprint density at radius 2 is 1.81 bits per heavy atom. The predicted molar refractivity (Wildman–Crippen MR) is 109 cm³/mol. The maximum Gasteiger partial charge on any atom is 0.243 e. The van der Waals surface area contributed by atoms with Crippen LogP contribution in [0.4, 0.5) is 5.69 Å². The molecule has 140 valence electrons. The van der Waals surface area contributed by atoms with Crippen molar-refractivity contribution in [3.05, 3.63) is 54.1 Å². The third kappa shape index (κ3) is 4.68. The number of fused-ring (bicyclic) bond motifs is 1. The number of carbonyl (C=O) groups excluding carboxylic acids is 2. The summed E-state index contributed by atoms with van der Waals surface area (Å²) in [5.74, 6) is -0.237. The fraction of sp³-hybridized carbons (Fsp3) is 0.250. The highest BCUT2D eigenvalue weighted by Gasteiger charge is 2.11. The molecule has 2 N–H and O–H groups in total. The summed E-state index contributed by atoms with van der Waals surface area (Å²) in [5, 5.41) is 6.27. The average molecular weight is 382 g/mol. The van der Waals surface area contributed by atoms with Gasteiger partial charge in [-0.25, -0.2) is 4.98 Å². The van der Waals surface area contributed by atoms with E-state index in [1.807, 2.05) is 67.1 Å². The molecule has 0 spiro atoms. The fourth-order valence-corrected chi connectivity index (χ4v) is 3.57. The SMILES string of the molecule is CCc1ccccc1NC(=O)CNC(=O)CSc1nc2ccccc2n1C. The number of nitrogens with zero attached hydrogens (tertiary/aromatic N) is 2. The highest BCUT2D eigenvalue weighted by molar-refractivity contribution is 7.99. The maximum absolute atomic E-state index is 12.1. The molecular weight excluding hydrogens is 360 g/mol. The Bertz CT molecular complexity index is 968. The number of rotatable bonds is 7. The maximum atomic E-state index is 12.1. The van der Waals surface area contributed by atoms with Crippen molar-refractivity contribution in [2.75, 3.05) is 17.6 Å². The molecule has 0 saturated carbocycles. The quantitative estimate of drug-likeness (QED) is 0.616. The molecule has 1 aromatic heterocycles. The Hall–Kier alpha value is -2.80. The van der Waals surface area contributed by atoms with E-state index in [4.69, 9.17) is 0 Å². The Morgan fingerprint density at radius 1 is 1.07 bits per heavy atom. The summed E-state index contributed by atoms with van der Waals surface area (Å²) in [6.45, 7) is 1.98. The number of benzene rings is 2. The number of imidazole rings is 1. The summed E-state index contributed by atoms with van der Waals surface area (Å²) in [5.41, 5.74) is 3.77. The van der Waals surface area contributed by atoms with E-state index in [2.05, 4.69) is 15.6 Å². The molecule has 3 aromatic rings. The van der Waals surface area contributed by atoms with Gasteiger partial charge in [-0.1, -0.05) is 49.0 Å². The minimum atomic E-state index is -0.239. The van der Waals surface area contributed by atoms with Gasteiger partial charge in [-0.15, -0.1) is 0 Å². The van der Waals surface area contributed by atoms with Crippen LogP contribution in [-0.4, -0.2) is 33.7 Å². The molecule has 0 saturated heterocycles. The lowest BCUT2D eigenvalue weighted by Gasteiger charge is -2.10. The van der Waals surface area contributed by atoms with Gasteiger partial charge < -0.3 is 15.2 Å². The van der Waals surface area contributed by atoms with Gasteiger partial charge >= 0.3 is 0 Å². The Labute approximate surface area is 162 Å². The molecular formula is C20H22N4O2S. The van der Waals surface area contributed by atoms with E-state index in [1.54, 1.807) is 0 Å². The predicted octanol–water partition coefficient (Wildman–Crippen LogP) is 2.98. The van der Waals surface area contributed by atoms with Crippen LogP contribution >= 0.6 is 11.8 Å². The van der Waals surface area contributed by atoms with E-state index in [9.17, 15) is 9.59 Å². The van der Waals surface area contributed by atoms with Crippen molar-refractivity contribution >= 4 is 40.3 Å². The Kier molecular flexibility index (Phi) is 6.13. The second kappa shape index (κ2) is 8.73. The minimum Gasteiger partial charge on any atom is -0.346 e. The summed E-state index contributed by atoms with van der Waals surface area (Å²) < 4.78 is 1.96. The number of nitrogens with one attached hydrogen (secondary N) is 2. The van der Waals surface area contributed by atoms with E-state index >= 15 is 0 Å². The normalized spacial score (nSPS) is 10.7.